The fourth-order valence-corrected chi connectivity index (χ4v) is 4.43. The number of amides is 5. The average molecular weight is 507 g/mol. The van der Waals surface area contributed by atoms with Crippen LogP contribution in [-0.2, 0) is 25.7 Å². The van der Waals surface area contributed by atoms with Crippen LogP contribution in [0.25, 0.3) is 0 Å². The molecule has 194 valence electrons. The molecule has 2 aliphatic rings. The van der Waals surface area contributed by atoms with Crippen molar-refractivity contribution in [3.05, 3.63) is 65.2 Å². The van der Waals surface area contributed by atoms with E-state index in [0.717, 1.165) is 5.56 Å². The first-order chi connectivity index (χ1) is 17.5. The molecule has 0 aromatic heterocycles. The van der Waals surface area contributed by atoms with E-state index in [1.165, 1.54) is 4.90 Å². The van der Waals surface area contributed by atoms with E-state index in [1.54, 1.807) is 51.1 Å². The Kier molecular flexibility index (Phi) is 7.28. The number of carbonyl (C=O) groups excluding carboxylic acids is 5. The van der Waals surface area contributed by atoms with E-state index < -0.39 is 29.6 Å². The summed E-state index contributed by atoms with van der Waals surface area (Å²) in [5.74, 6) is -2.14. The van der Waals surface area contributed by atoms with Gasteiger partial charge in [0.1, 0.15) is 11.6 Å². The van der Waals surface area contributed by atoms with Gasteiger partial charge in [0, 0.05) is 30.8 Å². The molecule has 0 saturated carbocycles. The van der Waals surface area contributed by atoms with Crippen molar-refractivity contribution in [1.29, 1.82) is 0 Å². The summed E-state index contributed by atoms with van der Waals surface area (Å²) in [6.07, 6.45) is -0.168. The van der Waals surface area contributed by atoms with Gasteiger partial charge in [-0.3, -0.25) is 24.5 Å². The van der Waals surface area contributed by atoms with Crippen molar-refractivity contribution in [3.8, 4) is 0 Å². The molecule has 5 amide bonds. The van der Waals surface area contributed by atoms with Crippen molar-refractivity contribution in [2.75, 3.05) is 11.9 Å². The van der Waals surface area contributed by atoms with Gasteiger partial charge in [-0.1, -0.05) is 30.3 Å². The Balaban J connectivity index is 1.47. The van der Waals surface area contributed by atoms with Crippen molar-refractivity contribution in [1.82, 2.24) is 15.5 Å². The van der Waals surface area contributed by atoms with Crippen LogP contribution < -0.4 is 16.0 Å². The maximum absolute atomic E-state index is 13.3. The third-order valence-electron chi connectivity index (χ3n) is 6.16. The summed E-state index contributed by atoms with van der Waals surface area (Å²) in [6.45, 7) is 5.50. The molecule has 2 atom stereocenters. The van der Waals surface area contributed by atoms with Crippen LogP contribution in [0, 0.1) is 0 Å². The van der Waals surface area contributed by atoms with Crippen LogP contribution in [0.15, 0.2) is 48.5 Å². The Hall–Kier alpha value is -4.21. The molecule has 0 bridgehead atoms. The molecule has 2 aliphatic heterocycles. The van der Waals surface area contributed by atoms with Gasteiger partial charge in [0.25, 0.3) is 5.91 Å². The number of imide groups is 1. The van der Waals surface area contributed by atoms with E-state index in [4.69, 9.17) is 4.74 Å². The minimum absolute atomic E-state index is 0.0253. The van der Waals surface area contributed by atoms with Crippen LogP contribution in [0.3, 0.4) is 0 Å². The highest BCUT2D eigenvalue weighted by molar-refractivity contribution is 6.06. The molecule has 1 fully saturated rings. The molecule has 4 rings (SSSR count). The summed E-state index contributed by atoms with van der Waals surface area (Å²) in [6, 6.07) is 13.3. The molecule has 37 heavy (non-hydrogen) atoms. The van der Waals surface area contributed by atoms with Crippen molar-refractivity contribution in [2.24, 2.45) is 0 Å². The molecule has 0 spiro atoms. The molecule has 1 saturated heterocycles. The van der Waals surface area contributed by atoms with Crippen molar-refractivity contribution < 1.29 is 28.7 Å². The normalized spacial score (nSPS) is 18.1. The van der Waals surface area contributed by atoms with Crippen LogP contribution in [0.1, 0.15) is 61.0 Å². The van der Waals surface area contributed by atoms with E-state index in [-0.39, 0.29) is 43.7 Å². The van der Waals surface area contributed by atoms with Gasteiger partial charge in [0.15, 0.2) is 0 Å². The summed E-state index contributed by atoms with van der Waals surface area (Å²) in [4.78, 5) is 63.6. The lowest BCUT2D eigenvalue weighted by Gasteiger charge is -2.29. The number of rotatable bonds is 6. The van der Waals surface area contributed by atoms with E-state index in [0.29, 0.717) is 16.8 Å². The summed E-state index contributed by atoms with van der Waals surface area (Å²) in [7, 11) is 0. The van der Waals surface area contributed by atoms with Gasteiger partial charge in [-0.25, -0.2) is 4.79 Å². The Morgan fingerprint density at radius 1 is 1.11 bits per heavy atom. The predicted molar refractivity (Wildman–Crippen MR) is 135 cm³/mol. The quantitative estimate of drug-likeness (QED) is 0.516. The lowest BCUT2D eigenvalue weighted by atomic mass is 9.98. The van der Waals surface area contributed by atoms with Crippen molar-refractivity contribution in [3.63, 3.8) is 0 Å². The second-order valence-corrected chi connectivity index (χ2v) is 10.1. The van der Waals surface area contributed by atoms with E-state index >= 15 is 0 Å². The molecule has 2 aromatic rings. The Labute approximate surface area is 214 Å². The maximum Gasteiger partial charge on any atom is 0.407 e. The number of nitrogens with one attached hydrogen (secondary N) is 3. The fraction of sp³-hybridized carbons (Fsp3) is 0.370. The van der Waals surface area contributed by atoms with Gasteiger partial charge in [-0.05, 0) is 56.5 Å². The van der Waals surface area contributed by atoms with Crippen LogP contribution >= 0.6 is 0 Å². The minimum atomic E-state index is -0.711. The van der Waals surface area contributed by atoms with Gasteiger partial charge in [-0.2, -0.15) is 0 Å². The van der Waals surface area contributed by atoms with E-state index in [9.17, 15) is 24.0 Å². The van der Waals surface area contributed by atoms with E-state index in [1.807, 2.05) is 18.2 Å². The van der Waals surface area contributed by atoms with E-state index in [2.05, 4.69) is 16.0 Å². The highest BCUT2D eigenvalue weighted by Gasteiger charge is 2.39. The number of hydrogen-bond acceptors (Lipinski definition) is 6. The topological polar surface area (TPSA) is 134 Å². The van der Waals surface area contributed by atoms with Crippen LogP contribution in [0.4, 0.5) is 10.5 Å². The number of nitrogens with zero attached hydrogens (tertiary/aromatic N) is 1. The number of fused-ring (bicyclic) bond motifs is 1. The largest absolute Gasteiger partial charge is 0.444 e. The molecule has 2 heterocycles. The second-order valence-electron chi connectivity index (χ2n) is 10.1. The van der Waals surface area contributed by atoms with Gasteiger partial charge < -0.3 is 20.3 Å². The average Bonchev–Trinajstić information content (AvgIpc) is 3.14. The number of benzene rings is 2. The summed E-state index contributed by atoms with van der Waals surface area (Å²) >= 11 is 0. The lowest BCUT2D eigenvalue weighted by molar-refractivity contribution is -0.137. The van der Waals surface area contributed by atoms with Crippen molar-refractivity contribution >= 4 is 35.4 Å². The number of ether oxygens (including phenoxy) is 1. The van der Waals surface area contributed by atoms with Crippen LogP contribution in [0.2, 0.25) is 0 Å². The van der Waals surface area contributed by atoms with Gasteiger partial charge in [-0.15, -0.1) is 0 Å². The monoisotopic (exact) mass is 506 g/mol. The highest BCUT2D eigenvalue weighted by atomic mass is 16.6. The minimum Gasteiger partial charge on any atom is -0.444 e. The molecule has 10 heteroatoms. The Morgan fingerprint density at radius 3 is 2.51 bits per heavy atom. The first-order valence-electron chi connectivity index (χ1n) is 12.1. The first kappa shape index (κ1) is 25.9. The lowest BCUT2D eigenvalue weighted by Crippen LogP contribution is -2.52. The highest BCUT2D eigenvalue weighted by Crippen LogP contribution is 2.30. The Morgan fingerprint density at radius 2 is 1.84 bits per heavy atom. The molecular formula is C27H30N4O6. The number of anilines is 1. The zero-order chi connectivity index (χ0) is 26.7. The number of carbonyl (C=O) groups is 5. The number of alkyl carbamates (subject to hydrolysis) is 1. The molecule has 2 aromatic carbocycles. The predicted octanol–water partition coefficient (Wildman–Crippen LogP) is 2.69. The molecule has 10 nitrogen and oxygen atoms in total. The van der Waals surface area contributed by atoms with Crippen molar-refractivity contribution in [2.45, 2.75) is 57.7 Å². The standard InChI is InChI=1S/C27H30N4O6/c1-27(2,3)37-26(36)28-14-20(16-7-5-4-6-8-16)23(33)29-18-9-10-19-17(13-18)15-31(25(19)35)21-11-12-22(32)30-24(21)34/h4-10,13,20-21H,11-12,14-15H2,1-3H3,(H,28,36)(H,29,33)(H,30,32,34). The SMILES string of the molecule is CC(C)(C)OC(=O)NCC(C(=O)Nc1ccc2c(c1)CN(C1CCC(=O)NC1=O)C2=O)c1ccccc1. The number of hydrogen-bond donors (Lipinski definition) is 3. The van der Waals surface area contributed by atoms with Crippen LogP contribution in [0.5, 0.6) is 0 Å². The second kappa shape index (κ2) is 10.4. The van der Waals surface area contributed by atoms with Gasteiger partial charge in [0.2, 0.25) is 17.7 Å². The summed E-state index contributed by atoms with van der Waals surface area (Å²) in [5, 5.41) is 7.83. The number of piperidine rings is 1. The molecular weight excluding hydrogens is 476 g/mol. The molecule has 0 aliphatic carbocycles. The summed E-state index contributed by atoms with van der Waals surface area (Å²) < 4.78 is 5.29. The maximum atomic E-state index is 13.3. The third kappa shape index (κ3) is 6.14. The van der Waals surface area contributed by atoms with Gasteiger partial charge >= 0.3 is 6.09 Å². The Bertz CT molecular complexity index is 1240. The third-order valence-corrected chi connectivity index (χ3v) is 6.16. The fourth-order valence-electron chi connectivity index (χ4n) is 4.43. The van der Waals surface area contributed by atoms with Gasteiger partial charge in [0.05, 0.1) is 5.92 Å². The molecule has 2 unspecified atom stereocenters. The smallest absolute Gasteiger partial charge is 0.407 e. The zero-order valence-electron chi connectivity index (χ0n) is 21.0. The zero-order valence-corrected chi connectivity index (χ0v) is 21.0. The first-order valence-corrected chi connectivity index (χ1v) is 12.1. The molecule has 0 radical (unpaired) electrons. The summed E-state index contributed by atoms with van der Waals surface area (Å²) in [5.41, 5.74) is 1.67. The van der Waals surface area contributed by atoms with Crippen LogP contribution in [-0.4, -0.2) is 52.8 Å². The molecule has 3 N–H and O–H groups in total.